The summed E-state index contributed by atoms with van der Waals surface area (Å²) in [5, 5.41) is 15.7. The van der Waals surface area contributed by atoms with E-state index in [0.717, 1.165) is 29.3 Å². The maximum absolute atomic E-state index is 11.8. The van der Waals surface area contributed by atoms with Gasteiger partial charge in [-0.2, -0.15) is 0 Å². The molecule has 0 radical (unpaired) electrons. The van der Waals surface area contributed by atoms with Crippen molar-refractivity contribution in [3.63, 3.8) is 0 Å². The number of quaternary nitrogens is 1. The van der Waals surface area contributed by atoms with Gasteiger partial charge in [0.25, 0.3) is 0 Å². The molecule has 1 unspecified atom stereocenters. The highest BCUT2D eigenvalue weighted by Crippen LogP contribution is 2.45. The Morgan fingerprint density at radius 3 is 1.63 bits per heavy atom. The Labute approximate surface area is 172 Å². The third kappa shape index (κ3) is 4.19. The third-order valence-corrected chi connectivity index (χ3v) is 7.01. The molecule has 1 aliphatic heterocycles. The standard InChI is InChI=1S/C23H29Cl2NO/c1-4-5-14-23(27)15(2)21(17-6-10-19(24)11-7-17)26-22(16(23)3)18-8-12-20(25)13-9-18/h6-13,15-16,21-22,26-27H,4-5,14H2,1-3H3/p+1/t15-,16+,21-,22+,23?. The Morgan fingerprint density at radius 2 is 1.26 bits per heavy atom. The van der Waals surface area contributed by atoms with Crippen molar-refractivity contribution in [2.45, 2.75) is 57.7 Å². The number of unbranched alkanes of at least 4 members (excludes halogenated alkanes) is 1. The number of piperidine rings is 1. The number of aliphatic hydroxyl groups is 1. The number of rotatable bonds is 5. The summed E-state index contributed by atoms with van der Waals surface area (Å²) in [6.07, 6.45) is 2.95. The minimum atomic E-state index is -0.709. The summed E-state index contributed by atoms with van der Waals surface area (Å²) in [7, 11) is 0. The molecule has 0 saturated carbocycles. The van der Waals surface area contributed by atoms with Crippen LogP contribution in [0.4, 0.5) is 0 Å². The van der Waals surface area contributed by atoms with Gasteiger partial charge in [-0.25, -0.2) is 0 Å². The SMILES string of the molecule is CCCCC1(O)[C@H](C)[C@H](c2ccc(Cl)cc2)[NH2+][C@H](c2ccc(Cl)cc2)[C@@H]1C. The first-order valence-corrected chi connectivity index (χ1v) is 10.7. The van der Waals surface area contributed by atoms with Crippen LogP contribution in [0, 0.1) is 11.8 Å². The zero-order valence-electron chi connectivity index (χ0n) is 16.3. The van der Waals surface area contributed by atoms with E-state index in [1.165, 1.54) is 11.1 Å². The van der Waals surface area contributed by atoms with Crippen molar-refractivity contribution in [3.05, 3.63) is 69.7 Å². The fraction of sp³-hybridized carbons (Fsp3) is 0.478. The number of nitrogens with two attached hydrogens (primary N) is 1. The minimum absolute atomic E-state index is 0.142. The van der Waals surface area contributed by atoms with E-state index in [0.29, 0.717) is 0 Å². The summed E-state index contributed by atoms with van der Waals surface area (Å²) in [6, 6.07) is 16.5. The van der Waals surface area contributed by atoms with Gasteiger partial charge in [0.15, 0.2) is 0 Å². The summed E-state index contributed by atoms with van der Waals surface area (Å²) in [5.74, 6) is 0.285. The lowest BCUT2D eigenvalue weighted by Crippen LogP contribution is -2.93. The monoisotopic (exact) mass is 406 g/mol. The molecule has 146 valence electrons. The van der Waals surface area contributed by atoms with Crippen LogP contribution in [0.1, 0.15) is 63.2 Å². The largest absolute Gasteiger partial charge is 0.389 e. The number of hydrogen-bond donors (Lipinski definition) is 2. The molecule has 4 heteroatoms. The Kier molecular flexibility index (Phi) is 6.53. The van der Waals surface area contributed by atoms with E-state index >= 15 is 0 Å². The molecule has 3 rings (SSSR count). The number of hydrogen-bond acceptors (Lipinski definition) is 1. The molecule has 1 saturated heterocycles. The van der Waals surface area contributed by atoms with Crippen LogP contribution in [0.15, 0.2) is 48.5 Å². The molecular weight excluding hydrogens is 377 g/mol. The van der Waals surface area contributed by atoms with E-state index in [-0.39, 0.29) is 23.9 Å². The minimum Gasteiger partial charge on any atom is -0.389 e. The van der Waals surface area contributed by atoms with Crippen molar-refractivity contribution in [2.24, 2.45) is 11.8 Å². The van der Waals surface area contributed by atoms with Crippen LogP contribution in [0.5, 0.6) is 0 Å². The summed E-state index contributed by atoms with van der Waals surface area (Å²) >= 11 is 12.2. The van der Waals surface area contributed by atoms with E-state index in [1.807, 2.05) is 24.3 Å². The predicted molar refractivity (Wildman–Crippen MR) is 113 cm³/mol. The lowest BCUT2D eigenvalue weighted by atomic mass is 9.64. The third-order valence-electron chi connectivity index (χ3n) is 6.51. The van der Waals surface area contributed by atoms with Crippen molar-refractivity contribution >= 4 is 23.2 Å². The van der Waals surface area contributed by atoms with Crippen molar-refractivity contribution in [1.29, 1.82) is 0 Å². The number of benzene rings is 2. The average Bonchev–Trinajstić information content (AvgIpc) is 2.67. The van der Waals surface area contributed by atoms with Gasteiger partial charge in [0.05, 0.1) is 5.60 Å². The fourth-order valence-electron chi connectivity index (χ4n) is 4.68. The summed E-state index contributed by atoms with van der Waals surface area (Å²) in [6.45, 7) is 6.57. The van der Waals surface area contributed by atoms with E-state index in [1.54, 1.807) is 0 Å². The Bertz CT molecular complexity index is 686. The second kappa shape index (κ2) is 8.53. The van der Waals surface area contributed by atoms with Crippen LogP contribution in [0.25, 0.3) is 0 Å². The van der Waals surface area contributed by atoms with Gasteiger partial charge in [-0.1, -0.05) is 81.1 Å². The second-order valence-corrected chi connectivity index (χ2v) is 8.89. The van der Waals surface area contributed by atoms with Crippen LogP contribution in [-0.4, -0.2) is 10.7 Å². The van der Waals surface area contributed by atoms with Gasteiger partial charge < -0.3 is 10.4 Å². The van der Waals surface area contributed by atoms with Crippen molar-refractivity contribution in [1.82, 2.24) is 0 Å². The topological polar surface area (TPSA) is 36.8 Å². The molecule has 1 heterocycles. The van der Waals surface area contributed by atoms with Crippen molar-refractivity contribution in [2.75, 3.05) is 0 Å². The molecule has 2 aromatic rings. The quantitative estimate of drug-likeness (QED) is 0.670. The molecule has 3 N–H and O–H groups in total. The summed E-state index contributed by atoms with van der Waals surface area (Å²) < 4.78 is 0. The van der Waals surface area contributed by atoms with Gasteiger partial charge in [-0.15, -0.1) is 0 Å². The Balaban J connectivity index is 2.01. The molecular formula is C23H30Cl2NO+. The first-order chi connectivity index (χ1) is 12.9. The summed E-state index contributed by atoms with van der Waals surface area (Å²) in [5.41, 5.74) is 1.72. The van der Waals surface area contributed by atoms with E-state index < -0.39 is 5.60 Å². The van der Waals surface area contributed by atoms with E-state index in [2.05, 4.69) is 50.4 Å². The van der Waals surface area contributed by atoms with Crippen LogP contribution in [-0.2, 0) is 0 Å². The molecule has 0 bridgehead atoms. The van der Waals surface area contributed by atoms with E-state index in [9.17, 15) is 5.11 Å². The molecule has 27 heavy (non-hydrogen) atoms. The van der Waals surface area contributed by atoms with Gasteiger partial charge >= 0.3 is 0 Å². The second-order valence-electron chi connectivity index (χ2n) is 8.02. The highest BCUT2D eigenvalue weighted by molar-refractivity contribution is 6.30. The van der Waals surface area contributed by atoms with Gasteiger partial charge in [-0.3, -0.25) is 0 Å². The maximum atomic E-state index is 11.8. The molecule has 2 aromatic carbocycles. The van der Waals surface area contributed by atoms with Gasteiger partial charge in [-0.05, 0) is 30.7 Å². The molecule has 1 fully saturated rings. The van der Waals surface area contributed by atoms with Crippen LogP contribution in [0.2, 0.25) is 10.0 Å². The van der Waals surface area contributed by atoms with Crippen molar-refractivity contribution in [3.8, 4) is 0 Å². The molecule has 0 spiro atoms. The Hall–Kier alpha value is -1.06. The lowest BCUT2D eigenvalue weighted by molar-refractivity contribution is -0.764. The van der Waals surface area contributed by atoms with Gasteiger partial charge in [0, 0.05) is 33.0 Å². The predicted octanol–water partition coefficient (Wildman–Crippen LogP) is 5.55. The highest BCUT2D eigenvalue weighted by atomic mass is 35.5. The van der Waals surface area contributed by atoms with E-state index in [4.69, 9.17) is 23.2 Å². The molecule has 0 amide bonds. The van der Waals surface area contributed by atoms with Crippen LogP contribution < -0.4 is 5.32 Å². The average molecular weight is 407 g/mol. The fourth-order valence-corrected chi connectivity index (χ4v) is 4.93. The van der Waals surface area contributed by atoms with Gasteiger partial charge in [0.1, 0.15) is 12.1 Å². The van der Waals surface area contributed by atoms with Crippen LogP contribution in [0.3, 0.4) is 0 Å². The lowest BCUT2D eigenvalue weighted by Gasteiger charge is -2.49. The molecule has 0 aromatic heterocycles. The summed E-state index contributed by atoms with van der Waals surface area (Å²) in [4.78, 5) is 0. The molecule has 2 nitrogen and oxygen atoms in total. The number of halogens is 2. The molecule has 5 atom stereocenters. The maximum Gasteiger partial charge on any atom is 0.117 e. The molecule has 1 aliphatic rings. The first-order valence-electron chi connectivity index (χ1n) is 9.95. The zero-order valence-corrected chi connectivity index (χ0v) is 17.8. The highest BCUT2D eigenvalue weighted by Gasteiger charge is 2.53. The first kappa shape index (κ1) is 20.7. The molecule has 0 aliphatic carbocycles. The van der Waals surface area contributed by atoms with Gasteiger partial charge in [0.2, 0.25) is 0 Å². The van der Waals surface area contributed by atoms with Crippen molar-refractivity contribution < 1.29 is 10.4 Å². The normalized spacial score (nSPS) is 31.0. The zero-order chi connectivity index (χ0) is 19.6. The van der Waals surface area contributed by atoms with Crippen LogP contribution >= 0.6 is 23.2 Å². The smallest absolute Gasteiger partial charge is 0.117 e. The Morgan fingerprint density at radius 1 is 0.852 bits per heavy atom.